The molecule has 3 heteroatoms. The Balaban J connectivity index is 2.24. The van der Waals surface area contributed by atoms with Crippen LogP contribution in [0.15, 0.2) is 42.5 Å². The number of hydrogen-bond acceptors (Lipinski definition) is 0. The van der Waals surface area contributed by atoms with Crippen LogP contribution in [-0.4, -0.2) is 0 Å². The number of alkyl halides is 1. The number of halogens is 3. The summed E-state index contributed by atoms with van der Waals surface area (Å²) >= 11 is 12.1. The Morgan fingerprint density at radius 3 is 2.48 bits per heavy atom. The molecule has 0 aliphatic heterocycles. The normalized spacial score (nSPS) is 16.5. The van der Waals surface area contributed by atoms with Crippen LogP contribution in [-0.2, 0) is 5.88 Å². The Kier molecular flexibility index (Phi) is 4.53. The lowest BCUT2D eigenvalue weighted by atomic mass is 9.79. The highest BCUT2D eigenvalue weighted by atomic mass is 35.5. The van der Waals surface area contributed by atoms with Crippen LogP contribution in [0.3, 0.4) is 0 Å². The molecule has 3 rings (SSSR count). The zero-order chi connectivity index (χ0) is 16.6. The molecule has 0 fully saturated rings. The molecule has 2 aromatic carbocycles. The maximum absolute atomic E-state index is 14.4. The average molecular weight is 349 g/mol. The first-order valence-electron chi connectivity index (χ1n) is 7.78. The fourth-order valence-electron chi connectivity index (χ4n) is 3.30. The van der Waals surface area contributed by atoms with E-state index in [1.54, 1.807) is 12.1 Å². The molecule has 2 aromatic rings. The van der Waals surface area contributed by atoms with Crippen molar-refractivity contribution in [2.75, 3.05) is 0 Å². The molecule has 0 radical (unpaired) electrons. The van der Waals surface area contributed by atoms with E-state index in [9.17, 15) is 4.39 Å². The van der Waals surface area contributed by atoms with E-state index in [0.717, 1.165) is 29.5 Å². The SMILES string of the molecule is CC1(C)CCC=C1c1cc(CCl)ccc1-c1cc(Cl)ccc1F. The zero-order valence-electron chi connectivity index (χ0n) is 13.3. The molecule has 0 atom stereocenters. The summed E-state index contributed by atoms with van der Waals surface area (Å²) in [5.74, 6) is 0.185. The van der Waals surface area contributed by atoms with Gasteiger partial charge in [0.25, 0.3) is 0 Å². The highest BCUT2D eigenvalue weighted by Crippen LogP contribution is 2.47. The van der Waals surface area contributed by atoms with Crippen LogP contribution in [0.4, 0.5) is 4.39 Å². The van der Waals surface area contributed by atoms with Crippen molar-refractivity contribution in [3.63, 3.8) is 0 Å². The monoisotopic (exact) mass is 348 g/mol. The van der Waals surface area contributed by atoms with Gasteiger partial charge in [-0.05, 0) is 64.8 Å². The molecule has 0 heterocycles. The largest absolute Gasteiger partial charge is 0.206 e. The number of allylic oxidation sites excluding steroid dienone is 2. The van der Waals surface area contributed by atoms with Crippen molar-refractivity contribution in [3.8, 4) is 11.1 Å². The van der Waals surface area contributed by atoms with Crippen molar-refractivity contribution >= 4 is 28.8 Å². The third-order valence-electron chi connectivity index (χ3n) is 4.59. The molecule has 0 aromatic heterocycles. The van der Waals surface area contributed by atoms with Crippen LogP contribution in [0, 0.1) is 11.2 Å². The summed E-state index contributed by atoms with van der Waals surface area (Å²) in [6.07, 6.45) is 4.41. The second kappa shape index (κ2) is 6.30. The van der Waals surface area contributed by atoms with Crippen LogP contribution < -0.4 is 0 Å². The van der Waals surface area contributed by atoms with Crippen LogP contribution in [0.25, 0.3) is 16.7 Å². The van der Waals surface area contributed by atoms with E-state index >= 15 is 0 Å². The molecule has 23 heavy (non-hydrogen) atoms. The summed E-state index contributed by atoms with van der Waals surface area (Å²) in [5, 5.41) is 0.536. The number of hydrogen-bond donors (Lipinski definition) is 0. The number of rotatable bonds is 3. The molecular weight excluding hydrogens is 330 g/mol. The van der Waals surface area contributed by atoms with Gasteiger partial charge < -0.3 is 0 Å². The molecule has 0 saturated carbocycles. The number of benzene rings is 2. The van der Waals surface area contributed by atoms with Crippen molar-refractivity contribution in [1.82, 2.24) is 0 Å². The standard InChI is InChI=1S/C20H19Cl2F/c1-20(2)9-3-4-18(20)16-10-13(12-21)5-7-15(16)17-11-14(22)6-8-19(17)23/h4-8,10-11H,3,9,12H2,1-2H3. The minimum atomic E-state index is -0.259. The van der Waals surface area contributed by atoms with E-state index in [1.807, 2.05) is 12.1 Å². The summed E-state index contributed by atoms with van der Waals surface area (Å²) in [6.45, 7) is 4.47. The second-order valence-electron chi connectivity index (χ2n) is 6.68. The molecule has 0 amide bonds. The lowest BCUT2D eigenvalue weighted by molar-refractivity contribution is 0.487. The predicted molar refractivity (Wildman–Crippen MR) is 97.4 cm³/mol. The van der Waals surface area contributed by atoms with Crippen LogP contribution in [0.5, 0.6) is 0 Å². The highest BCUT2D eigenvalue weighted by Gasteiger charge is 2.30. The molecule has 0 nitrogen and oxygen atoms in total. The van der Waals surface area contributed by atoms with Crippen molar-refractivity contribution in [2.24, 2.45) is 5.41 Å². The Hall–Kier alpha value is -1.31. The highest BCUT2D eigenvalue weighted by molar-refractivity contribution is 6.30. The molecule has 1 aliphatic carbocycles. The van der Waals surface area contributed by atoms with Gasteiger partial charge in [-0.2, -0.15) is 0 Å². The molecule has 120 valence electrons. The van der Waals surface area contributed by atoms with Gasteiger partial charge in [0.2, 0.25) is 0 Å². The van der Waals surface area contributed by atoms with Gasteiger partial charge in [-0.15, -0.1) is 11.6 Å². The lowest BCUT2D eigenvalue weighted by Gasteiger charge is -2.25. The van der Waals surface area contributed by atoms with E-state index in [4.69, 9.17) is 23.2 Å². The van der Waals surface area contributed by atoms with Crippen LogP contribution >= 0.6 is 23.2 Å². The molecule has 0 bridgehead atoms. The average Bonchev–Trinajstić information content (AvgIpc) is 2.88. The first kappa shape index (κ1) is 16.5. The Morgan fingerprint density at radius 2 is 1.83 bits per heavy atom. The van der Waals surface area contributed by atoms with E-state index in [0.29, 0.717) is 16.5 Å². The summed E-state index contributed by atoms with van der Waals surface area (Å²) < 4.78 is 14.4. The molecular formula is C20H19Cl2F. The molecule has 0 saturated heterocycles. The van der Waals surface area contributed by atoms with Crippen molar-refractivity contribution in [1.29, 1.82) is 0 Å². The topological polar surface area (TPSA) is 0 Å². The maximum atomic E-state index is 14.4. The molecule has 1 aliphatic rings. The zero-order valence-corrected chi connectivity index (χ0v) is 14.8. The second-order valence-corrected chi connectivity index (χ2v) is 7.38. The lowest BCUT2D eigenvalue weighted by Crippen LogP contribution is -2.10. The fourth-order valence-corrected chi connectivity index (χ4v) is 3.64. The smallest absolute Gasteiger partial charge is 0.131 e. The maximum Gasteiger partial charge on any atom is 0.131 e. The minimum Gasteiger partial charge on any atom is -0.206 e. The third-order valence-corrected chi connectivity index (χ3v) is 5.14. The van der Waals surface area contributed by atoms with Crippen molar-refractivity contribution < 1.29 is 4.39 Å². The summed E-state index contributed by atoms with van der Waals surface area (Å²) in [5.41, 5.74) is 4.86. The van der Waals surface area contributed by atoms with Gasteiger partial charge in [-0.3, -0.25) is 0 Å². The predicted octanol–water partition coefficient (Wildman–Crippen LogP) is 7.09. The van der Waals surface area contributed by atoms with Crippen LogP contribution in [0.2, 0.25) is 5.02 Å². The van der Waals surface area contributed by atoms with Gasteiger partial charge >= 0.3 is 0 Å². The Labute approximate surface area is 146 Å². The van der Waals surface area contributed by atoms with Crippen molar-refractivity contribution in [3.05, 3.63) is 64.4 Å². The minimum absolute atomic E-state index is 0.0781. The van der Waals surface area contributed by atoms with E-state index < -0.39 is 0 Å². The molecule has 0 spiro atoms. The van der Waals surface area contributed by atoms with Gasteiger partial charge in [0.05, 0.1) is 0 Å². The van der Waals surface area contributed by atoms with Crippen molar-refractivity contribution in [2.45, 2.75) is 32.6 Å². The van der Waals surface area contributed by atoms with E-state index in [-0.39, 0.29) is 11.2 Å². The summed E-state index contributed by atoms with van der Waals surface area (Å²) in [6, 6.07) is 10.7. The third kappa shape index (κ3) is 3.18. The molecule has 0 N–H and O–H groups in total. The Morgan fingerprint density at radius 1 is 1.04 bits per heavy atom. The van der Waals surface area contributed by atoms with Crippen LogP contribution in [0.1, 0.15) is 37.8 Å². The van der Waals surface area contributed by atoms with E-state index in [1.165, 1.54) is 11.6 Å². The first-order chi connectivity index (χ1) is 10.9. The van der Waals surface area contributed by atoms with Gasteiger partial charge in [-0.1, -0.05) is 43.7 Å². The fraction of sp³-hybridized carbons (Fsp3) is 0.300. The van der Waals surface area contributed by atoms with Gasteiger partial charge in [0, 0.05) is 16.5 Å². The van der Waals surface area contributed by atoms with Gasteiger partial charge in [-0.25, -0.2) is 4.39 Å². The quantitative estimate of drug-likeness (QED) is 0.519. The summed E-state index contributed by atoms with van der Waals surface area (Å²) in [4.78, 5) is 0. The van der Waals surface area contributed by atoms with E-state index in [2.05, 4.69) is 26.0 Å². The summed E-state index contributed by atoms with van der Waals surface area (Å²) in [7, 11) is 0. The molecule has 0 unspecified atom stereocenters. The van der Waals surface area contributed by atoms with Gasteiger partial charge in [0.15, 0.2) is 0 Å². The Bertz CT molecular complexity index is 775. The van der Waals surface area contributed by atoms with Gasteiger partial charge in [0.1, 0.15) is 5.82 Å². The first-order valence-corrected chi connectivity index (χ1v) is 8.69.